The Labute approximate surface area is 199 Å². The maximum Gasteiger partial charge on any atom is 0.303 e. The lowest BCUT2D eigenvalue weighted by atomic mass is 9.39. The number of piperidine rings is 2. The average molecular weight is 472 g/mol. The molecule has 9 fully saturated rings. The number of rotatable bonds is 3. The van der Waals surface area contributed by atoms with E-state index < -0.39 is 35.1 Å². The van der Waals surface area contributed by atoms with Gasteiger partial charge in [-0.25, -0.2) is 0 Å². The van der Waals surface area contributed by atoms with Crippen molar-refractivity contribution in [3.05, 3.63) is 12.2 Å². The van der Waals surface area contributed by atoms with Gasteiger partial charge in [-0.05, 0) is 37.0 Å². The summed E-state index contributed by atoms with van der Waals surface area (Å²) in [5.74, 6) is -1.34. The van der Waals surface area contributed by atoms with Crippen molar-refractivity contribution in [2.75, 3.05) is 6.54 Å². The predicted octanol–water partition coefficient (Wildman–Crippen LogP) is 1.59. The van der Waals surface area contributed by atoms with Crippen LogP contribution in [0.2, 0.25) is 0 Å². The molecule has 3 heterocycles. The van der Waals surface area contributed by atoms with Gasteiger partial charge < -0.3 is 19.3 Å². The molecule has 13 atom stereocenters. The molecular weight excluding hydrogens is 438 g/mol. The highest BCUT2D eigenvalue weighted by atomic mass is 16.6. The maximum atomic E-state index is 12.8. The number of aliphatic hydroxyl groups is 1. The Morgan fingerprint density at radius 1 is 1.00 bits per heavy atom. The molecule has 8 nitrogen and oxygen atoms in total. The van der Waals surface area contributed by atoms with Crippen molar-refractivity contribution < 1.29 is 33.7 Å². The molecule has 0 radical (unpaired) electrons. The highest BCUT2D eigenvalue weighted by Gasteiger charge is 2.96. The molecule has 9 bridgehead atoms. The lowest BCUT2D eigenvalue weighted by molar-refractivity contribution is -0.287. The minimum absolute atomic E-state index is 0.0526. The monoisotopic (exact) mass is 471 g/mol. The molecule has 3 saturated heterocycles. The normalized spacial score (nSPS) is 58.7. The van der Waals surface area contributed by atoms with Gasteiger partial charge in [-0.3, -0.25) is 19.3 Å². The summed E-state index contributed by atoms with van der Waals surface area (Å²) >= 11 is 0. The fourth-order valence-corrected chi connectivity index (χ4v) is 11.6. The Hall–Kier alpha value is -1.93. The molecule has 6 aliphatic carbocycles. The number of ether oxygens (including phenoxy) is 3. The van der Waals surface area contributed by atoms with E-state index in [0.717, 1.165) is 25.0 Å². The number of fused-ring (bicyclic) bond motifs is 1. The fraction of sp³-hybridized carbons (Fsp3) is 0.808. The van der Waals surface area contributed by atoms with E-state index in [2.05, 4.69) is 18.4 Å². The van der Waals surface area contributed by atoms with Gasteiger partial charge in [0.1, 0.15) is 23.9 Å². The van der Waals surface area contributed by atoms with Crippen LogP contribution in [0.25, 0.3) is 0 Å². The summed E-state index contributed by atoms with van der Waals surface area (Å²) in [6, 6.07) is 0.101. The van der Waals surface area contributed by atoms with Gasteiger partial charge in [0.25, 0.3) is 0 Å². The molecule has 2 spiro atoms. The quantitative estimate of drug-likeness (QED) is 0.376. The first kappa shape index (κ1) is 21.4. The number of hydrogen-bond acceptors (Lipinski definition) is 8. The first-order valence-corrected chi connectivity index (χ1v) is 12.6. The molecule has 0 aromatic heterocycles. The Morgan fingerprint density at radius 3 is 2.32 bits per heavy atom. The van der Waals surface area contributed by atoms with Crippen LogP contribution in [-0.4, -0.2) is 70.5 Å². The Morgan fingerprint density at radius 2 is 1.68 bits per heavy atom. The molecule has 9 aliphatic rings. The van der Waals surface area contributed by atoms with Crippen molar-refractivity contribution >= 4 is 17.9 Å². The summed E-state index contributed by atoms with van der Waals surface area (Å²) in [7, 11) is 0. The van der Waals surface area contributed by atoms with Crippen molar-refractivity contribution in [1.82, 2.24) is 4.90 Å². The third-order valence-corrected chi connectivity index (χ3v) is 11.1. The second-order valence-electron chi connectivity index (χ2n) is 12.7. The molecule has 3 aliphatic heterocycles. The van der Waals surface area contributed by atoms with Crippen LogP contribution in [0.15, 0.2) is 12.2 Å². The van der Waals surface area contributed by atoms with Gasteiger partial charge in [-0.1, -0.05) is 19.1 Å². The zero-order valence-electron chi connectivity index (χ0n) is 20.2. The van der Waals surface area contributed by atoms with Crippen molar-refractivity contribution in [2.24, 2.45) is 34.0 Å². The summed E-state index contributed by atoms with van der Waals surface area (Å²) in [6.07, 6.45) is 1.31. The molecule has 0 aromatic carbocycles. The van der Waals surface area contributed by atoms with E-state index in [0.29, 0.717) is 24.8 Å². The highest BCUT2D eigenvalue weighted by molar-refractivity contribution is 5.68. The van der Waals surface area contributed by atoms with Gasteiger partial charge >= 0.3 is 17.9 Å². The molecule has 0 aromatic rings. The Kier molecular flexibility index (Phi) is 3.70. The van der Waals surface area contributed by atoms with Gasteiger partial charge in [-0.2, -0.15) is 0 Å². The molecular formula is C26H33NO7. The second-order valence-corrected chi connectivity index (χ2v) is 12.7. The number of nitrogens with zero attached hydrogens (tertiary/aromatic N) is 1. The Bertz CT molecular complexity index is 1070. The molecule has 184 valence electrons. The molecule has 8 heteroatoms. The minimum Gasteiger partial charge on any atom is -0.463 e. The van der Waals surface area contributed by atoms with Gasteiger partial charge in [0.05, 0.1) is 5.92 Å². The summed E-state index contributed by atoms with van der Waals surface area (Å²) in [5, 5.41) is 12.8. The molecule has 0 amide bonds. The lowest BCUT2D eigenvalue weighted by Crippen LogP contribution is -2.77. The van der Waals surface area contributed by atoms with Crippen LogP contribution >= 0.6 is 0 Å². The van der Waals surface area contributed by atoms with Gasteiger partial charge in [-0.15, -0.1) is 0 Å². The third-order valence-electron chi connectivity index (χ3n) is 11.1. The molecule has 1 unspecified atom stereocenters. The van der Waals surface area contributed by atoms with E-state index in [4.69, 9.17) is 14.2 Å². The summed E-state index contributed by atoms with van der Waals surface area (Å²) in [4.78, 5) is 39.2. The summed E-state index contributed by atoms with van der Waals surface area (Å²) < 4.78 is 17.9. The van der Waals surface area contributed by atoms with Gasteiger partial charge in [0, 0.05) is 56.1 Å². The van der Waals surface area contributed by atoms with Crippen LogP contribution in [0.4, 0.5) is 0 Å². The minimum atomic E-state index is -1.25. The first-order chi connectivity index (χ1) is 15.9. The van der Waals surface area contributed by atoms with E-state index in [1.165, 1.54) is 20.8 Å². The SMILES string of the molecule is C=C1C[C@@]23C[C@H]4[C@@H]5[C@@]6(C)C[C@H](OC(C)=O)C[C@@]57[C@@H]2[C@H](OC(C)=O)[C@@H]1[C@H](OC(C)=O)[C@]3(O)[C@H]7N4C6. The first-order valence-electron chi connectivity index (χ1n) is 12.6. The van der Waals surface area contributed by atoms with Gasteiger partial charge in [0.15, 0.2) is 0 Å². The number of carbonyl (C=O) groups excluding carboxylic acids is 3. The topological polar surface area (TPSA) is 102 Å². The molecule has 1 N–H and O–H groups in total. The maximum absolute atomic E-state index is 12.8. The van der Waals surface area contributed by atoms with Crippen molar-refractivity contribution in [3.8, 4) is 0 Å². The van der Waals surface area contributed by atoms with Crippen LogP contribution in [0.3, 0.4) is 0 Å². The van der Waals surface area contributed by atoms with E-state index in [1.807, 2.05) is 0 Å². The number of carbonyl (C=O) groups is 3. The average Bonchev–Trinajstić information content (AvgIpc) is 3.09. The zero-order chi connectivity index (χ0) is 24.2. The van der Waals surface area contributed by atoms with Crippen LogP contribution in [0.1, 0.15) is 53.4 Å². The third kappa shape index (κ3) is 1.95. The van der Waals surface area contributed by atoms with Crippen LogP contribution < -0.4 is 0 Å². The number of esters is 3. The molecule has 34 heavy (non-hydrogen) atoms. The van der Waals surface area contributed by atoms with E-state index in [1.54, 1.807) is 0 Å². The molecule has 6 saturated carbocycles. The van der Waals surface area contributed by atoms with Crippen molar-refractivity contribution in [1.29, 1.82) is 0 Å². The smallest absolute Gasteiger partial charge is 0.303 e. The predicted molar refractivity (Wildman–Crippen MR) is 117 cm³/mol. The lowest BCUT2D eigenvalue weighted by Gasteiger charge is -2.68. The summed E-state index contributed by atoms with van der Waals surface area (Å²) in [5.41, 5.74) is -1.37. The van der Waals surface area contributed by atoms with Crippen LogP contribution in [0, 0.1) is 34.0 Å². The second kappa shape index (κ2) is 5.89. The number of hydrogen-bond donors (Lipinski definition) is 1. The van der Waals surface area contributed by atoms with Crippen molar-refractivity contribution in [3.63, 3.8) is 0 Å². The Balaban J connectivity index is 1.48. The standard InChI is InChI=1S/C26H33NO7/c1-11-6-24-9-16-19-23(5)7-15(32-12(2)28)8-25(19)20(24)18(33-13(3)29)17(11)21(34-14(4)30)26(24,31)22(25)27(16)10-23/h15-22,31H,1,6-10H2,2-5H3/t15-,16-,17+,18+,19+,20+,21-,22-,23-,24+,25-,26-/m0/s1. The largest absolute Gasteiger partial charge is 0.463 e. The van der Waals surface area contributed by atoms with E-state index >= 15 is 0 Å². The van der Waals surface area contributed by atoms with Crippen molar-refractivity contribution in [2.45, 2.75) is 89.4 Å². The van der Waals surface area contributed by atoms with Gasteiger partial charge in [0.2, 0.25) is 0 Å². The van der Waals surface area contributed by atoms with Crippen LogP contribution in [0.5, 0.6) is 0 Å². The highest BCUT2D eigenvalue weighted by Crippen LogP contribution is 2.88. The van der Waals surface area contributed by atoms with E-state index in [-0.39, 0.29) is 40.8 Å². The van der Waals surface area contributed by atoms with E-state index in [9.17, 15) is 19.5 Å². The summed E-state index contributed by atoms with van der Waals surface area (Å²) in [6.45, 7) is 11.7. The van der Waals surface area contributed by atoms with Crippen LogP contribution in [-0.2, 0) is 28.6 Å². The molecule has 9 rings (SSSR count). The zero-order valence-corrected chi connectivity index (χ0v) is 20.2. The fourth-order valence-electron chi connectivity index (χ4n) is 11.6.